The molecule has 114 valence electrons. The molecule has 0 bridgehead atoms. The first-order valence-corrected chi connectivity index (χ1v) is 8.62. The van der Waals surface area contributed by atoms with Crippen molar-refractivity contribution < 1.29 is 12.8 Å². The van der Waals surface area contributed by atoms with Crippen LogP contribution in [0.1, 0.15) is 43.3 Å². The van der Waals surface area contributed by atoms with Crippen molar-refractivity contribution in [3.63, 3.8) is 0 Å². The molecule has 0 aromatic carbocycles. The maximum absolute atomic E-state index is 12.5. The van der Waals surface area contributed by atoms with Crippen molar-refractivity contribution in [1.82, 2.24) is 4.72 Å². The molecular weight excluding hydrogens is 276 g/mol. The lowest BCUT2D eigenvalue weighted by molar-refractivity contribution is 0.488. The van der Waals surface area contributed by atoms with Gasteiger partial charge in [-0.25, -0.2) is 13.1 Å². The van der Waals surface area contributed by atoms with Crippen molar-refractivity contribution >= 4 is 10.0 Å². The topological polar surface area (TPSA) is 85.3 Å². The third kappa shape index (κ3) is 3.07. The molecule has 1 fully saturated rings. The van der Waals surface area contributed by atoms with Gasteiger partial charge >= 0.3 is 0 Å². The fraction of sp³-hybridized carbons (Fsp3) is 0.714. The average Bonchev–Trinajstić information content (AvgIpc) is 2.90. The lowest BCUT2D eigenvalue weighted by Gasteiger charge is -2.12. The minimum atomic E-state index is -3.54. The average molecular weight is 300 g/mol. The van der Waals surface area contributed by atoms with Crippen LogP contribution in [0.3, 0.4) is 0 Å². The minimum absolute atomic E-state index is 0.167. The first kappa shape index (κ1) is 15.5. The van der Waals surface area contributed by atoms with Crippen molar-refractivity contribution in [1.29, 1.82) is 0 Å². The van der Waals surface area contributed by atoms with Crippen LogP contribution in [-0.4, -0.2) is 15.0 Å². The Hall–Kier alpha value is -0.850. The van der Waals surface area contributed by atoms with Gasteiger partial charge in [0.05, 0.1) is 0 Å². The fourth-order valence-corrected chi connectivity index (χ4v) is 4.68. The number of sulfonamides is 1. The van der Waals surface area contributed by atoms with Gasteiger partial charge in [0.25, 0.3) is 0 Å². The van der Waals surface area contributed by atoms with Gasteiger partial charge in [0.15, 0.2) is 0 Å². The number of aryl methyl sites for hydroxylation is 2. The molecule has 2 rings (SSSR count). The smallest absolute Gasteiger partial charge is 0.244 e. The molecule has 0 amide bonds. The van der Waals surface area contributed by atoms with Crippen molar-refractivity contribution in [3.8, 4) is 0 Å². The first-order chi connectivity index (χ1) is 9.35. The number of rotatable bonds is 5. The molecule has 2 atom stereocenters. The molecule has 0 spiro atoms. The lowest BCUT2D eigenvalue weighted by atomic mass is 10.1. The monoisotopic (exact) mass is 300 g/mol. The lowest BCUT2D eigenvalue weighted by Crippen LogP contribution is -2.29. The van der Waals surface area contributed by atoms with E-state index in [1.165, 1.54) is 6.42 Å². The SMILES string of the molecule is Cc1oc(C)c(S(=O)(=O)NCC2CCC(C)C2)c1CN. The van der Waals surface area contributed by atoms with Gasteiger partial charge in [0, 0.05) is 18.7 Å². The molecule has 1 aliphatic carbocycles. The number of hydrogen-bond acceptors (Lipinski definition) is 4. The van der Waals surface area contributed by atoms with E-state index in [2.05, 4.69) is 11.6 Å². The molecule has 6 heteroatoms. The quantitative estimate of drug-likeness (QED) is 0.871. The van der Waals surface area contributed by atoms with Crippen molar-refractivity contribution in [2.24, 2.45) is 17.6 Å². The van der Waals surface area contributed by atoms with E-state index in [1.807, 2.05) is 0 Å². The van der Waals surface area contributed by atoms with Crippen LogP contribution in [0.4, 0.5) is 0 Å². The van der Waals surface area contributed by atoms with E-state index in [9.17, 15) is 8.42 Å². The Morgan fingerprint density at radius 1 is 1.30 bits per heavy atom. The zero-order valence-electron chi connectivity index (χ0n) is 12.4. The van der Waals surface area contributed by atoms with Crippen LogP contribution < -0.4 is 10.5 Å². The molecule has 1 aromatic heterocycles. The van der Waals surface area contributed by atoms with Crippen LogP contribution in [0.15, 0.2) is 9.31 Å². The molecule has 0 radical (unpaired) electrons. The Morgan fingerprint density at radius 3 is 2.55 bits per heavy atom. The maximum atomic E-state index is 12.5. The molecule has 3 N–H and O–H groups in total. The van der Waals surface area contributed by atoms with Crippen LogP contribution in [0.2, 0.25) is 0 Å². The summed E-state index contributed by atoms with van der Waals surface area (Å²) in [6.45, 7) is 6.29. The summed E-state index contributed by atoms with van der Waals surface area (Å²) in [7, 11) is -3.54. The van der Waals surface area contributed by atoms with Crippen LogP contribution in [-0.2, 0) is 16.6 Å². The Kier molecular flexibility index (Phi) is 4.56. The second-order valence-corrected chi connectivity index (χ2v) is 7.57. The Bertz CT molecular complexity index is 577. The molecule has 20 heavy (non-hydrogen) atoms. The normalized spacial score (nSPS) is 23.4. The van der Waals surface area contributed by atoms with Crippen LogP contribution in [0.25, 0.3) is 0 Å². The highest BCUT2D eigenvalue weighted by Gasteiger charge is 2.28. The summed E-state index contributed by atoms with van der Waals surface area (Å²) < 4.78 is 33.1. The minimum Gasteiger partial charge on any atom is -0.465 e. The Balaban J connectivity index is 2.14. The molecule has 1 aromatic rings. The second-order valence-electron chi connectivity index (χ2n) is 5.86. The summed E-state index contributed by atoms with van der Waals surface area (Å²) in [6, 6.07) is 0. The van der Waals surface area contributed by atoms with Gasteiger partial charge in [0.2, 0.25) is 10.0 Å². The molecule has 1 heterocycles. The largest absolute Gasteiger partial charge is 0.465 e. The van der Waals surface area contributed by atoms with Gasteiger partial charge in [-0.1, -0.05) is 13.3 Å². The van der Waals surface area contributed by atoms with Gasteiger partial charge in [0.1, 0.15) is 16.4 Å². The van der Waals surface area contributed by atoms with Gasteiger partial charge in [-0.15, -0.1) is 0 Å². The summed E-state index contributed by atoms with van der Waals surface area (Å²) in [4.78, 5) is 0.226. The molecule has 5 nitrogen and oxygen atoms in total. The van der Waals surface area contributed by atoms with E-state index >= 15 is 0 Å². The Morgan fingerprint density at radius 2 is 2.00 bits per heavy atom. The summed E-state index contributed by atoms with van der Waals surface area (Å²) in [5.74, 6) is 2.13. The van der Waals surface area contributed by atoms with Crippen molar-refractivity contribution in [2.75, 3.05) is 6.54 Å². The summed E-state index contributed by atoms with van der Waals surface area (Å²) in [5.41, 5.74) is 6.22. The number of hydrogen-bond donors (Lipinski definition) is 2. The molecule has 1 saturated carbocycles. The standard InChI is InChI=1S/C14H24N2O3S/c1-9-4-5-12(6-9)8-16-20(17,18)14-11(3)19-10(2)13(14)7-15/h9,12,16H,4-8,15H2,1-3H3. The van der Waals surface area contributed by atoms with Crippen LogP contribution >= 0.6 is 0 Å². The Labute approximate surface area is 121 Å². The fourth-order valence-electron chi connectivity index (χ4n) is 3.11. The predicted molar refractivity (Wildman–Crippen MR) is 77.8 cm³/mol. The first-order valence-electron chi connectivity index (χ1n) is 7.13. The van der Waals surface area contributed by atoms with E-state index in [1.54, 1.807) is 13.8 Å². The molecule has 0 saturated heterocycles. The predicted octanol–water partition coefficient (Wildman–Crippen LogP) is 2.07. The van der Waals surface area contributed by atoms with E-state index in [4.69, 9.17) is 10.2 Å². The zero-order chi connectivity index (χ0) is 14.9. The molecule has 1 aliphatic rings. The highest BCUT2D eigenvalue weighted by atomic mass is 32.2. The van der Waals surface area contributed by atoms with Crippen LogP contribution in [0, 0.1) is 25.7 Å². The van der Waals surface area contributed by atoms with Gasteiger partial charge in [-0.05, 0) is 38.5 Å². The molecular formula is C14H24N2O3S. The summed E-state index contributed by atoms with van der Waals surface area (Å²) in [5, 5.41) is 0. The van der Waals surface area contributed by atoms with Gasteiger partial charge < -0.3 is 10.2 Å². The van der Waals surface area contributed by atoms with Gasteiger partial charge in [-0.3, -0.25) is 0 Å². The zero-order valence-corrected chi connectivity index (χ0v) is 13.2. The number of nitrogens with two attached hydrogens (primary N) is 1. The maximum Gasteiger partial charge on any atom is 0.244 e. The van der Waals surface area contributed by atoms with E-state index < -0.39 is 10.0 Å². The summed E-state index contributed by atoms with van der Waals surface area (Å²) in [6.07, 6.45) is 3.37. The van der Waals surface area contributed by atoms with E-state index in [-0.39, 0.29) is 11.4 Å². The summed E-state index contributed by atoms with van der Waals surface area (Å²) >= 11 is 0. The van der Waals surface area contributed by atoms with E-state index in [0.717, 1.165) is 12.8 Å². The third-order valence-corrected chi connectivity index (χ3v) is 5.78. The number of furan rings is 1. The molecule has 2 unspecified atom stereocenters. The van der Waals surface area contributed by atoms with Crippen molar-refractivity contribution in [2.45, 2.75) is 51.5 Å². The second kappa shape index (κ2) is 5.87. The van der Waals surface area contributed by atoms with Crippen molar-refractivity contribution in [3.05, 3.63) is 17.1 Å². The third-order valence-electron chi connectivity index (χ3n) is 4.16. The van der Waals surface area contributed by atoms with Gasteiger partial charge in [-0.2, -0.15) is 0 Å². The molecule has 0 aliphatic heterocycles. The highest BCUT2D eigenvalue weighted by molar-refractivity contribution is 7.89. The highest BCUT2D eigenvalue weighted by Crippen LogP contribution is 2.31. The number of nitrogens with one attached hydrogen (secondary N) is 1. The van der Waals surface area contributed by atoms with Crippen LogP contribution in [0.5, 0.6) is 0 Å². The van der Waals surface area contributed by atoms with E-state index in [0.29, 0.717) is 35.5 Å².